The average molecular weight is 376 g/mol. The molecule has 25 heavy (non-hydrogen) atoms. The van der Waals surface area contributed by atoms with Gasteiger partial charge in [-0.05, 0) is 48.3 Å². The molecule has 1 aromatic heterocycles. The number of thiazole rings is 1. The van der Waals surface area contributed by atoms with E-state index in [1.54, 1.807) is 30.5 Å². The third kappa shape index (κ3) is 4.09. The van der Waals surface area contributed by atoms with Crippen molar-refractivity contribution in [1.82, 2.24) is 4.98 Å². The van der Waals surface area contributed by atoms with E-state index < -0.39 is 5.97 Å². The molecule has 0 fully saturated rings. The third-order valence-electron chi connectivity index (χ3n) is 3.28. The number of methoxy groups -OCH3 is 1. The molecule has 0 aliphatic carbocycles. The van der Waals surface area contributed by atoms with E-state index in [4.69, 9.17) is 9.84 Å². The Balaban J connectivity index is 1.70. The molecule has 0 saturated carbocycles. The van der Waals surface area contributed by atoms with Crippen molar-refractivity contribution in [3.63, 3.8) is 0 Å². The fraction of sp³-hybridized carbons (Fsp3) is 0.0588. The second kappa shape index (κ2) is 7.54. The number of aromatic nitrogens is 1. The minimum Gasteiger partial charge on any atom is -0.496 e. The average Bonchev–Trinajstić information content (AvgIpc) is 3.09. The predicted octanol–water partition coefficient (Wildman–Crippen LogP) is 4.78. The van der Waals surface area contributed by atoms with Gasteiger partial charge in [0.25, 0.3) is 0 Å². The first-order valence-corrected chi connectivity index (χ1v) is 8.76. The van der Waals surface area contributed by atoms with Gasteiger partial charge in [-0.15, -0.1) is 11.3 Å². The lowest BCUT2D eigenvalue weighted by molar-refractivity contribution is 0.0693. The van der Waals surface area contributed by atoms with Crippen LogP contribution < -0.4 is 9.46 Å². The summed E-state index contributed by atoms with van der Waals surface area (Å²) in [7, 11) is 1.43. The van der Waals surface area contributed by atoms with Crippen molar-refractivity contribution in [3.05, 3.63) is 60.0 Å². The number of halogens is 1. The predicted molar refractivity (Wildman–Crippen MR) is 96.9 cm³/mol. The maximum Gasteiger partial charge on any atom is 0.339 e. The molecule has 0 spiro atoms. The smallest absolute Gasteiger partial charge is 0.339 e. The van der Waals surface area contributed by atoms with E-state index in [1.165, 1.54) is 48.6 Å². The van der Waals surface area contributed by atoms with E-state index >= 15 is 0 Å². The van der Waals surface area contributed by atoms with E-state index in [0.717, 1.165) is 14.8 Å². The highest BCUT2D eigenvalue weighted by molar-refractivity contribution is 8.02. The Kier molecular flexibility index (Phi) is 5.20. The Labute approximate surface area is 151 Å². The highest BCUT2D eigenvalue weighted by Gasteiger charge is 2.12. The van der Waals surface area contributed by atoms with Crippen LogP contribution in [0.4, 0.5) is 10.1 Å². The molecule has 0 saturated heterocycles. The number of anilines is 1. The molecule has 3 rings (SSSR count). The molecule has 0 bridgehead atoms. The van der Waals surface area contributed by atoms with Crippen LogP contribution in [0, 0.1) is 5.82 Å². The zero-order valence-electron chi connectivity index (χ0n) is 13.0. The van der Waals surface area contributed by atoms with Crippen molar-refractivity contribution >= 4 is 34.9 Å². The Morgan fingerprint density at radius 2 is 2.04 bits per heavy atom. The van der Waals surface area contributed by atoms with Crippen LogP contribution in [-0.4, -0.2) is 23.2 Å². The fourth-order valence-electron chi connectivity index (χ4n) is 2.07. The number of aromatic carboxylic acids is 1. The molecular weight excluding hydrogens is 363 g/mol. The molecule has 0 atom stereocenters. The molecule has 8 heteroatoms. The summed E-state index contributed by atoms with van der Waals surface area (Å²) in [6.07, 6.45) is 1.73. The second-order valence-electron chi connectivity index (χ2n) is 4.92. The molecule has 0 amide bonds. The van der Waals surface area contributed by atoms with Crippen molar-refractivity contribution in [2.75, 3.05) is 11.8 Å². The molecule has 0 unspecified atom stereocenters. The minimum atomic E-state index is -1.04. The van der Waals surface area contributed by atoms with Crippen LogP contribution in [0.2, 0.25) is 0 Å². The first kappa shape index (κ1) is 17.2. The maximum atomic E-state index is 13.0. The molecule has 3 aromatic rings. The van der Waals surface area contributed by atoms with Crippen molar-refractivity contribution < 1.29 is 19.0 Å². The van der Waals surface area contributed by atoms with Gasteiger partial charge in [0.1, 0.15) is 26.3 Å². The van der Waals surface area contributed by atoms with E-state index in [2.05, 4.69) is 9.71 Å². The molecular formula is C17H13FN2O3S2. The Morgan fingerprint density at radius 3 is 2.72 bits per heavy atom. The second-order valence-corrected chi connectivity index (χ2v) is 7.05. The number of benzene rings is 2. The summed E-state index contributed by atoms with van der Waals surface area (Å²) in [6, 6.07) is 11.0. The highest BCUT2D eigenvalue weighted by atomic mass is 32.2. The lowest BCUT2D eigenvalue weighted by Crippen LogP contribution is -2.00. The molecule has 1 heterocycles. The number of rotatable bonds is 6. The molecule has 2 aromatic carbocycles. The van der Waals surface area contributed by atoms with Gasteiger partial charge < -0.3 is 14.6 Å². The normalized spacial score (nSPS) is 10.5. The van der Waals surface area contributed by atoms with Gasteiger partial charge in [0.2, 0.25) is 0 Å². The molecule has 0 radical (unpaired) electrons. The summed E-state index contributed by atoms with van der Waals surface area (Å²) in [6.45, 7) is 0. The summed E-state index contributed by atoms with van der Waals surface area (Å²) in [5.74, 6) is -1.04. The van der Waals surface area contributed by atoms with Gasteiger partial charge in [0, 0.05) is 17.3 Å². The highest BCUT2D eigenvalue weighted by Crippen LogP contribution is 2.33. The number of nitrogens with zero attached hydrogens (tertiary/aromatic N) is 1. The fourth-order valence-corrected chi connectivity index (χ4v) is 3.71. The molecule has 2 N–H and O–H groups in total. The zero-order valence-corrected chi connectivity index (χ0v) is 14.7. The number of hydrogen-bond acceptors (Lipinski definition) is 6. The Bertz CT molecular complexity index is 897. The van der Waals surface area contributed by atoms with Crippen molar-refractivity contribution in [3.8, 4) is 16.3 Å². The van der Waals surface area contributed by atoms with Crippen LogP contribution in [-0.2, 0) is 0 Å². The summed E-state index contributed by atoms with van der Waals surface area (Å²) in [5.41, 5.74) is 1.67. The lowest BCUT2D eigenvalue weighted by Gasteiger charge is -2.08. The van der Waals surface area contributed by atoms with Crippen LogP contribution in [0.5, 0.6) is 5.75 Å². The third-order valence-corrected chi connectivity index (χ3v) is 5.26. The molecule has 5 nitrogen and oxygen atoms in total. The Morgan fingerprint density at radius 1 is 1.28 bits per heavy atom. The quantitative estimate of drug-likeness (QED) is 0.604. The summed E-state index contributed by atoms with van der Waals surface area (Å²) >= 11 is 2.83. The van der Waals surface area contributed by atoms with Crippen molar-refractivity contribution in [2.24, 2.45) is 0 Å². The van der Waals surface area contributed by atoms with E-state index in [9.17, 15) is 9.18 Å². The van der Waals surface area contributed by atoms with Gasteiger partial charge in [0.15, 0.2) is 0 Å². The number of carboxylic acids is 1. The zero-order chi connectivity index (χ0) is 17.8. The van der Waals surface area contributed by atoms with Crippen molar-refractivity contribution in [2.45, 2.75) is 4.21 Å². The first-order valence-electron chi connectivity index (χ1n) is 7.13. The van der Waals surface area contributed by atoms with E-state index in [-0.39, 0.29) is 17.1 Å². The summed E-state index contributed by atoms with van der Waals surface area (Å²) < 4.78 is 22.1. The Hall–Kier alpha value is -2.58. The number of nitrogens with one attached hydrogen (secondary N) is 1. The number of hydrogen-bond donors (Lipinski definition) is 2. The largest absolute Gasteiger partial charge is 0.496 e. The first-order chi connectivity index (χ1) is 12.1. The lowest BCUT2D eigenvalue weighted by atomic mass is 10.2. The maximum absolute atomic E-state index is 13.0. The topological polar surface area (TPSA) is 71.5 Å². The number of ether oxygens (including phenoxy) is 1. The van der Waals surface area contributed by atoms with Crippen LogP contribution in [0.15, 0.2) is 52.9 Å². The van der Waals surface area contributed by atoms with Crippen LogP contribution in [0.3, 0.4) is 0 Å². The van der Waals surface area contributed by atoms with E-state index in [1.807, 2.05) is 0 Å². The van der Waals surface area contributed by atoms with Crippen molar-refractivity contribution in [1.29, 1.82) is 0 Å². The van der Waals surface area contributed by atoms with Gasteiger partial charge >= 0.3 is 5.97 Å². The van der Waals surface area contributed by atoms with Crippen LogP contribution in [0.25, 0.3) is 10.6 Å². The SMILES string of the molecule is COc1cc(NSc2cnc(-c3ccc(F)cc3)s2)ccc1C(=O)O. The monoisotopic (exact) mass is 376 g/mol. The standard InChI is InChI=1S/C17H13FN2O3S2/c1-23-14-8-12(6-7-13(14)17(21)22)20-25-15-9-19-16(24-15)10-2-4-11(18)5-3-10/h2-9,20H,1H3,(H,21,22). The van der Waals surface area contributed by atoms with Gasteiger partial charge in [0.05, 0.1) is 13.3 Å². The summed E-state index contributed by atoms with van der Waals surface area (Å²) in [4.78, 5) is 15.4. The van der Waals surface area contributed by atoms with Gasteiger partial charge in [-0.25, -0.2) is 14.2 Å². The number of carboxylic acid groups (broad SMARTS) is 1. The van der Waals surface area contributed by atoms with Gasteiger partial charge in [-0.2, -0.15) is 0 Å². The van der Waals surface area contributed by atoms with Gasteiger partial charge in [-0.3, -0.25) is 0 Å². The van der Waals surface area contributed by atoms with Crippen LogP contribution in [0.1, 0.15) is 10.4 Å². The minimum absolute atomic E-state index is 0.106. The molecule has 0 aliphatic heterocycles. The molecule has 0 aliphatic rings. The van der Waals surface area contributed by atoms with Crippen LogP contribution >= 0.6 is 23.3 Å². The number of carbonyl (C=O) groups is 1. The molecule has 128 valence electrons. The van der Waals surface area contributed by atoms with E-state index in [0.29, 0.717) is 5.69 Å². The van der Waals surface area contributed by atoms with Gasteiger partial charge in [-0.1, -0.05) is 0 Å². The summed E-state index contributed by atoms with van der Waals surface area (Å²) in [5, 5.41) is 9.88.